The largest absolute Gasteiger partial charge is 0.491 e. The highest BCUT2D eigenvalue weighted by molar-refractivity contribution is 5.48. The van der Waals surface area contributed by atoms with Crippen LogP contribution in [0.2, 0.25) is 0 Å². The third-order valence-corrected chi connectivity index (χ3v) is 6.13. The molecule has 2 aromatic carbocycles. The molecule has 1 aliphatic rings. The quantitative estimate of drug-likeness (QED) is 0.613. The summed E-state index contributed by atoms with van der Waals surface area (Å²) >= 11 is 0. The molecule has 1 aliphatic heterocycles. The number of likely N-dealkylation sites (tertiary alicyclic amines) is 1. The van der Waals surface area contributed by atoms with Crippen LogP contribution in [0, 0.1) is 0 Å². The topological polar surface area (TPSA) is 35.9 Å². The summed E-state index contributed by atoms with van der Waals surface area (Å²) < 4.78 is 5.72. The van der Waals surface area contributed by atoms with E-state index >= 15 is 0 Å². The van der Waals surface area contributed by atoms with Crippen LogP contribution in [-0.4, -0.2) is 54.9 Å². The summed E-state index contributed by atoms with van der Waals surface area (Å²) in [6, 6.07) is 18.9. The average Bonchev–Trinajstić information content (AvgIpc) is 2.75. The molecule has 0 aliphatic carbocycles. The Hall–Kier alpha value is -2.04. The smallest absolute Gasteiger partial charge is 0.119 e. The van der Waals surface area contributed by atoms with E-state index in [0.29, 0.717) is 0 Å². The van der Waals surface area contributed by atoms with E-state index < -0.39 is 5.60 Å². The normalized spacial score (nSPS) is 16.6. The molecule has 1 fully saturated rings. The van der Waals surface area contributed by atoms with Crippen LogP contribution >= 0.6 is 0 Å². The number of anilines is 1. The molecule has 0 aromatic heterocycles. The fraction of sp³-hybridized carbons (Fsp3) is 0.538. The summed E-state index contributed by atoms with van der Waals surface area (Å²) in [5.74, 6) is 0.903. The number of aliphatic hydroxyl groups is 1. The van der Waals surface area contributed by atoms with Gasteiger partial charge in [0.05, 0.1) is 11.7 Å². The van der Waals surface area contributed by atoms with Gasteiger partial charge < -0.3 is 19.6 Å². The second kappa shape index (κ2) is 10.8. The standard InChI is InChI=1S/C26H38N2O2/c1-22(2)30-25-13-11-24(12-14-25)27(3)19-15-26(29)16-20-28(21-17-26)18-7-10-23-8-5-4-6-9-23/h4-6,8-9,11-14,22,29H,7,10,15-21H2,1-3H3. The highest BCUT2D eigenvalue weighted by Gasteiger charge is 2.32. The zero-order chi connectivity index (χ0) is 21.4. The van der Waals surface area contributed by atoms with E-state index in [2.05, 4.69) is 59.3 Å². The Bertz CT molecular complexity index is 737. The molecule has 0 spiro atoms. The van der Waals surface area contributed by atoms with E-state index in [1.165, 1.54) is 12.0 Å². The van der Waals surface area contributed by atoms with Gasteiger partial charge in [-0.1, -0.05) is 30.3 Å². The lowest BCUT2D eigenvalue weighted by Gasteiger charge is -2.39. The Balaban J connectivity index is 1.37. The average molecular weight is 411 g/mol. The van der Waals surface area contributed by atoms with Gasteiger partial charge in [-0.25, -0.2) is 0 Å². The molecule has 1 N–H and O–H groups in total. The number of nitrogens with zero attached hydrogens (tertiary/aromatic N) is 2. The first kappa shape index (κ1) is 22.6. The van der Waals surface area contributed by atoms with Crippen LogP contribution in [0.1, 0.15) is 45.1 Å². The molecule has 30 heavy (non-hydrogen) atoms. The van der Waals surface area contributed by atoms with Crippen LogP contribution in [0.4, 0.5) is 5.69 Å². The number of hydrogen-bond donors (Lipinski definition) is 1. The Morgan fingerprint density at radius 2 is 1.70 bits per heavy atom. The van der Waals surface area contributed by atoms with Crippen molar-refractivity contribution in [3.8, 4) is 5.75 Å². The van der Waals surface area contributed by atoms with Gasteiger partial charge in [0, 0.05) is 32.4 Å². The van der Waals surface area contributed by atoms with Crippen LogP contribution in [0.3, 0.4) is 0 Å². The fourth-order valence-corrected chi connectivity index (χ4v) is 4.15. The van der Waals surface area contributed by atoms with Crippen molar-refractivity contribution in [2.75, 3.05) is 38.1 Å². The second-order valence-corrected chi connectivity index (χ2v) is 8.99. The zero-order valence-electron chi connectivity index (χ0n) is 18.9. The van der Waals surface area contributed by atoms with Crippen molar-refractivity contribution in [3.05, 3.63) is 60.2 Å². The lowest BCUT2D eigenvalue weighted by molar-refractivity contribution is -0.0258. The maximum atomic E-state index is 11.1. The molecule has 0 radical (unpaired) electrons. The number of benzene rings is 2. The molecule has 0 saturated carbocycles. The minimum atomic E-state index is -0.537. The van der Waals surface area contributed by atoms with E-state index in [9.17, 15) is 5.11 Å². The summed E-state index contributed by atoms with van der Waals surface area (Å²) in [4.78, 5) is 4.73. The molecule has 0 amide bonds. The van der Waals surface area contributed by atoms with E-state index in [1.54, 1.807) is 0 Å². The summed E-state index contributed by atoms with van der Waals surface area (Å²) in [6.07, 6.45) is 5.05. The van der Waals surface area contributed by atoms with E-state index in [1.807, 2.05) is 26.0 Å². The van der Waals surface area contributed by atoms with Crippen LogP contribution in [0.5, 0.6) is 5.75 Å². The van der Waals surface area contributed by atoms with Gasteiger partial charge in [-0.2, -0.15) is 0 Å². The van der Waals surface area contributed by atoms with E-state index in [-0.39, 0.29) is 6.10 Å². The lowest BCUT2D eigenvalue weighted by Crippen LogP contribution is -2.46. The van der Waals surface area contributed by atoms with Gasteiger partial charge in [0.1, 0.15) is 5.75 Å². The minimum Gasteiger partial charge on any atom is -0.491 e. The first-order chi connectivity index (χ1) is 14.4. The third-order valence-electron chi connectivity index (χ3n) is 6.13. The molecule has 4 nitrogen and oxygen atoms in total. The van der Waals surface area contributed by atoms with Gasteiger partial charge >= 0.3 is 0 Å². The van der Waals surface area contributed by atoms with Crippen LogP contribution < -0.4 is 9.64 Å². The number of aryl methyl sites for hydroxylation is 1. The van der Waals surface area contributed by atoms with Crippen molar-refractivity contribution in [1.29, 1.82) is 0 Å². The highest BCUT2D eigenvalue weighted by atomic mass is 16.5. The van der Waals surface area contributed by atoms with Gasteiger partial charge in [0.15, 0.2) is 0 Å². The van der Waals surface area contributed by atoms with Crippen molar-refractivity contribution in [2.24, 2.45) is 0 Å². The first-order valence-electron chi connectivity index (χ1n) is 11.4. The van der Waals surface area contributed by atoms with Crippen molar-refractivity contribution in [1.82, 2.24) is 4.90 Å². The molecular formula is C26H38N2O2. The van der Waals surface area contributed by atoms with Crippen LogP contribution in [-0.2, 0) is 6.42 Å². The zero-order valence-corrected chi connectivity index (χ0v) is 18.9. The Morgan fingerprint density at radius 1 is 1.03 bits per heavy atom. The predicted molar refractivity (Wildman–Crippen MR) is 125 cm³/mol. The molecule has 0 atom stereocenters. The van der Waals surface area contributed by atoms with Crippen molar-refractivity contribution >= 4 is 5.69 Å². The van der Waals surface area contributed by atoms with Gasteiger partial charge in [0.2, 0.25) is 0 Å². The molecule has 2 aromatic rings. The van der Waals surface area contributed by atoms with Gasteiger partial charge in [-0.15, -0.1) is 0 Å². The summed E-state index contributed by atoms with van der Waals surface area (Å²) in [5.41, 5.74) is 2.04. The number of rotatable bonds is 10. The molecular weight excluding hydrogens is 372 g/mol. The van der Waals surface area contributed by atoms with Crippen LogP contribution in [0.25, 0.3) is 0 Å². The summed E-state index contributed by atoms with van der Waals surface area (Å²) in [6.45, 7) is 8.04. The second-order valence-electron chi connectivity index (χ2n) is 8.99. The Morgan fingerprint density at radius 3 is 2.33 bits per heavy atom. The maximum absolute atomic E-state index is 11.1. The van der Waals surface area contributed by atoms with Gasteiger partial charge in [0.25, 0.3) is 0 Å². The summed E-state index contributed by atoms with van der Waals surface area (Å²) in [7, 11) is 2.10. The fourth-order valence-electron chi connectivity index (χ4n) is 4.15. The summed E-state index contributed by atoms with van der Waals surface area (Å²) in [5, 5.41) is 11.1. The van der Waals surface area contributed by atoms with Crippen molar-refractivity contribution in [2.45, 2.75) is 57.7 Å². The number of piperidine rings is 1. The van der Waals surface area contributed by atoms with Gasteiger partial charge in [-0.3, -0.25) is 0 Å². The SMILES string of the molecule is CC(C)Oc1ccc(N(C)CCC2(O)CCN(CCCc3ccccc3)CC2)cc1. The minimum absolute atomic E-state index is 0.187. The van der Waals surface area contributed by atoms with Crippen molar-refractivity contribution < 1.29 is 9.84 Å². The molecule has 3 rings (SSSR count). The Kier molecular flexibility index (Phi) is 8.17. The lowest BCUT2D eigenvalue weighted by atomic mass is 9.88. The van der Waals surface area contributed by atoms with Gasteiger partial charge in [-0.05, 0) is 82.3 Å². The third kappa shape index (κ3) is 7.03. The maximum Gasteiger partial charge on any atom is 0.119 e. The molecule has 4 heteroatoms. The van der Waals surface area contributed by atoms with Crippen LogP contribution in [0.15, 0.2) is 54.6 Å². The van der Waals surface area contributed by atoms with E-state index in [0.717, 1.165) is 63.3 Å². The van der Waals surface area contributed by atoms with Crippen molar-refractivity contribution in [3.63, 3.8) is 0 Å². The molecule has 1 saturated heterocycles. The number of ether oxygens (including phenoxy) is 1. The predicted octanol–water partition coefficient (Wildman–Crippen LogP) is 4.76. The number of hydrogen-bond acceptors (Lipinski definition) is 4. The highest BCUT2D eigenvalue weighted by Crippen LogP contribution is 2.27. The first-order valence-corrected chi connectivity index (χ1v) is 11.4. The van der Waals surface area contributed by atoms with E-state index in [4.69, 9.17) is 4.74 Å². The molecule has 1 heterocycles. The monoisotopic (exact) mass is 410 g/mol. The Labute approximate surface area is 182 Å². The molecule has 0 bridgehead atoms. The molecule has 164 valence electrons. The molecule has 0 unspecified atom stereocenters.